The summed E-state index contributed by atoms with van der Waals surface area (Å²) in [4.78, 5) is 4.64. The lowest BCUT2D eigenvalue weighted by molar-refractivity contribution is 0.310. The minimum absolute atomic E-state index is 0. The van der Waals surface area contributed by atoms with Crippen LogP contribution < -0.4 is 5.32 Å². The van der Waals surface area contributed by atoms with Crippen LogP contribution in [0.15, 0.2) is 35.4 Å². The molecule has 1 saturated heterocycles. The van der Waals surface area contributed by atoms with Gasteiger partial charge in [0.25, 0.3) is 0 Å². The highest BCUT2D eigenvalue weighted by molar-refractivity contribution is 7.89. The molecule has 5 nitrogen and oxygen atoms in total. The first-order valence-corrected chi connectivity index (χ1v) is 8.51. The molecule has 1 aromatic carbocycles. The minimum atomic E-state index is -3.50. The topological polar surface area (TPSA) is 62.3 Å². The summed E-state index contributed by atoms with van der Waals surface area (Å²) in [6.07, 6.45) is 1.71. The Morgan fingerprint density at radius 3 is 2.86 bits per heavy atom. The lowest BCUT2D eigenvalue weighted by atomic mass is 10.2. The van der Waals surface area contributed by atoms with E-state index in [1.165, 1.54) is 0 Å². The van der Waals surface area contributed by atoms with Gasteiger partial charge in [-0.25, -0.2) is 8.42 Å². The van der Waals surface area contributed by atoms with Gasteiger partial charge < -0.3 is 5.32 Å². The first kappa shape index (κ1) is 17.1. The van der Waals surface area contributed by atoms with E-state index in [9.17, 15) is 8.42 Å². The number of para-hydroxylation sites is 1. The minimum Gasteiger partial charge on any atom is -0.312 e. The van der Waals surface area contributed by atoms with Crippen LogP contribution in [0.25, 0.3) is 10.9 Å². The fourth-order valence-electron chi connectivity index (χ4n) is 2.71. The van der Waals surface area contributed by atoms with Crippen LogP contribution in [0.3, 0.4) is 0 Å². The van der Waals surface area contributed by atoms with Crippen molar-refractivity contribution in [1.29, 1.82) is 0 Å². The van der Waals surface area contributed by atoms with Crippen LogP contribution in [0.2, 0.25) is 0 Å². The van der Waals surface area contributed by atoms with Crippen LogP contribution in [0, 0.1) is 6.92 Å². The Bertz CT molecular complexity index is 779. The normalized spacial score (nSPS) is 19.8. The molecule has 120 valence electrons. The lowest BCUT2D eigenvalue weighted by Crippen LogP contribution is -2.51. The SMILES string of the molecule is Cc1cnc2c(S(=O)(=O)N3CCN[C@H](C)C3)cccc2c1.Cl. The van der Waals surface area contributed by atoms with E-state index in [1.807, 2.05) is 26.0 Å². The molecular formula is C15H20ClN3O2S. The third-order valence-electron chi connectivity index (χ3n) is 3.76. The van der Waals surface area contributed by atoms with Gasteiger partial charge in [-0.05, 0) is 31.5 Å². The quantitative estimate of drug-likeness (QED) is 0.907. The van der Waals surface area contributed by atoms with Gasteiger partial charge in [0.15, 0.2) is 0 Å². The van der Waals surface area contributed by atoms with E-state index >= 15 is 0 Å². The fourth-order valence-corrected chi connectivity index (χ4v) is 4.40. The smallest absolute Gasteiger partial charge is 0.245 e. The lowest BCUT2D eigenvalue weighted by Gasteiger charge is -2.31. The van der Waals surface area contributed by atoms with Crippen molar-refractivity contribution in [3.8, 4) is 0 Å². The molecule has 0 spiro atoms. The van der Waals surface area contributed by atoms with Crippen LogP contribution in [-0.2, 0) is 10.0 Å². The van der Waals surface area contributed by atoms with E-state index in [-0.39, 0.29) is 18.4 Å². The standard InChI is InChI=1S/C15H19N3O2S.ClH/c1-11-8-13-4-3-5-14(15(13)17-9-11)21(19,20)18-7-6-16-12(2)10-18;/h3-5,8-9,12,16H,6-7,10H2,1-2H3;1H/t12-;/m1./s1. The zero-order valence-electron chi connectivity index (χ0n) is 12.6. The number of rotatable bonds is 2. The van der Waals surface area contributed by atoms with Crippen molar-refractivity contribution in [2.24, 2.45) is 0 Å². The van der Waals surface area contributed by atoms with Crippen LogP contribution in [-0.4, -0.2) is 43.4 Å². The number of benzene rings is 1. The van der Waals surface area contributed by atoms with E-state index < -0.39 is 10.0 Å². The maximum atomic E-state index is 12.9. The monoisotopic (exact) mass is 341 g/mol. The average molecular weight is 342 g/mol. The number of sulfonamides is 1. The van der Waals surface area contributed by atoms with E-state index in [2.05, 4.69) is 10.3 Å². The van der Waals surface area contributed by atoms with Crippen LogP contribution in [0.1, 0.15) is 12.5 Å². The number of nitrogens with one attached hydrogen (secondary N) is 1. The molecule has 0 amide bonds. The number of piperazine rings is 1. The second kappa shape index (κ2) is 6.50. The van der Waals surface area contributed by atoms with Gasteiger partial charge in [-0.15, -0.1) is 12.4 Å². The Hall–Kier alpha value is -1.21. The van der Waals surface area contributed by atoms with Gasteiger partial charge >= 0.3 is 0 Å². The van der Waals surface area contributed by atoms with Gasteiger partial charge in [-0.1, -0.05) is 12.1 Å². The molecule has 2 aromatic rings. The second-order valence-corrected chi connectivity index (χ2v) is 7.47. The van der Waals surface area contributed by atoms with E-state index in [1.54, 1.807) is 22.6 Å². The van der Waals surface area contributed by atoms with Gasteiger partial charge in [-0.3, -0.25) is 4.98 Å². The number of halogens is 1. The highest BCUT2D eigenvalue weighted by Gasteiger charge is 2.30. The Labute approximate surface area is 137 Å². The van der Waals surface area contributed by atoms with E-state index in [0.29, 0.717) is 30.0 Å². The average Bonchev–Trinajstić information content (AvgIpc) is 2.46. The second-order valence-electron chi connectivity index (χ2n) is 5.56. The maximum absolute atomic E-state index is 12.9. The molecule has 0 saturated carbocycles. The van der Waals surface area contributed by atoms with Crippen molar-refractivity contribution in [2.75, 3.05) is 19.6 Å². The van der Waals surface area contributed by atoms with Crippen LogP contribution in [0.4, 0.5) is 0 Å². The first-order valence-electron chi connectivity index (χ1n) is 7.07. The Morgan fingerprint density at radius 2 is 2.14 bits per heavy atom. The van der Waals surface area contributed by atoms with Crippen molar-refractivity contribution in [1.82, 2.24) is 14.6 Å². The Kier molecular flexibility index (Phi) is 5.07. The summed E-state index contributed by atoms with van der Waals surface area (Å²) in [5.74, 6) is 0. The van der Waals surface area contributed by atoms with Gasteiger partial charge in [-0.2, -0.15) is 4.31 Å². The van der Waals surface area contributed by atoms with Crippen molar-refractivity contribution < 1.29 is 8.42 Å². The molecule has 1 N–H and O–H groups in total. The summed E-state index contributed by atoms with van der Waals surface area (Å²) in [5, 5.41) is 4.12. The van der Waals surface area contributed by atoms with Crippen molar-refractivity contribution in [2.45, 2.75) is 24.8 Å². The molecule has 0 radical (unpaired) electrons. The fraction of sp³-hybridized carbons (Fsp3) is 0.400. The number of aryl methyl sites for hydroxylation is 1. The number of pyridine rings is 1. The first-order chi connectivity index (χ1) is 9.98. The largest absolute Gasteiger partial charge is 0.312 e. The molecule has 0 unspecified atom stereocenters. The molecule has 0 bridgehead atoms. The summed E-state index contributed by atoms with van der Waals surface area (Å²) in [6.45, 7) is 5.61. The summed E-state index contributed by atoms with van der Waals surface area (Å²) in [5.41, 5.74) is 1.57. The zero-order chi connectivity index (χ0) is 15.0. The number of hydrogen-bond donors (Lipinski definition) is 1. The molecule has 2 heterocycles. The molecule has 0 aliphatic carbocycles. The summed E-state index contributed by atoms with van der Waals surface area (Å²) in [6, 6.07) is 7.45. The summed E-state index contributed by atoms with van der Waals surface area (Å²) < 4.78 is 27.3. The maximum Gasteiger partial charge on any atom is 0.245 e. The molecule has 1 aromatic heterocycles. The third kappa shape index (κ3) is 3.10. The predicted molar refractivity (Wildman–Crippen MR) is 90.0 cm³/mol. The van der Waals surface area contributed by atoms with Crippen LogP contribution >= 0.6 is 12.4 Å². The Balaban J connectivity index is 0.00000176. The van der Waals surface area contributed by atoms with E-state index in [0.717, 1.165) is 10.9 Å². The van der Waals surface area contributed by atoms with Gasteiger partial charge in [0.05, 0.1) is 5.52 Å². The number of fused-ring (bicyclic) bond motifs is 1. The number of hydrogen-bond acceptors (Lipinski definition) is 4. The molecular weight excluding hydrogens is 322 g/mol. The number of nitrogens with zero attached hydrogens (tertiary/aromatic N) is 2. The number of aromatic nitrogens is 1. The molecule has 1 atom stereocenters. The van der Waals surface area contributed by atoms with Crippen molar-refractivity contribution >= 4 is 33.3 Å². The predicted octanol–water partition coefficient (Wildman–Crippen LogP) is 1.95. The molecule has 1 aliphatic heterocycles. The highest BCUT2D eigenvalue weighted by Crippen LogP contribution is 2.25. The molecule has 1 aliphatic rings. The molecule has 7 heteroatoms. The van der Waals surface area contributed by atoms with Gasteiger partial charge in [0, 0.05) is 37.3 Å². The van der Waals surface area contributed by atoms with Crippen LogP contribution in [0.5, 0.6) is 0 Å². The zero-order valence-corrected chi connectivity index (χ0v) is 14.2. The molecule has 3 rings (SSSR count). The summed E-state index contributed by atoms with van der Waals surface area (Å²) in [7, 11) is -3.50. The summed E-state index contributed by atoms with van der Waals surface area (Å²) >= 11 is 0. The highest BCUT2D eigenvalue weighted by atomic mass is 35.5. The Morgan fingerprint density at radius 1 is 1.36 bits per heavy atom. The van der Waals surface area contributed by atoms with Crippen molar-refractivity contribution in [3.63, 3.8) is 0 Å². The molecule has 1 fully saturated rings. The third-order valence-corrected chi connectivity index (χ3v) is 5.66. The van der Waals surface area contributed by atoms with Crippen molar-refractivity contribution in [3.05, 3.63) is 36.0 Å². The molecule has 22 heavy (non-hydrogen) atoms. The van der Waals surface area contributed by atoms with Gasteiger partial charge in [0.2, 0.25) is 10.0 Å². The van der Waals surface area contributed by atoms with E-state index in [4.69, 9.17) is 0 Å². The van der Waals surface area contributed by atoms with Gasteiger partial charge in [0.1, 0.15) is 4.90 Å².